The Bertz CT molecular complexity index is 2390. The molecule has 0 N–H and O–H groups in total. The highest BCUT2D eigenvalue weighted by Crippen LogP contribution is 2.51. The summed E-state index contributed by atoms with van der Waals surface area (Å²) in [6.07, 6.45) is 10.4. The van der Waals surface area contributed by atoms with E-state index in [1.165, 1.54) is 93.9 Å². The molecular weight excluding hydrogens is 528 g/mol. The van der Waals surface area contributed by atoms with Crippen LogP contribution in [0.1, 0.15) is 29.0 Å². The smallest absolute Gasteiger partial charge is 0.00682 e. The first-order valence-corrected chi connectivity index (χ1v) is 15.6. The van der Waals surface area contributed by atoms with Crippen LogP contribution < -0.4 is 0 Å². The van der Waals surface area contributed by atoms with E-state index >= 15 is 0 Å². The first-order chi connectivity index (χ1) is 21.8. The van der Waals surface area contributed by atoms with Gasteiger partial charge in [0.2, 0.25) is 0 Å². The van der Waals surface area contributed by atoms with Crippen LogP contribution in [0.3, 0.4) is 0 Å². The molecule has 0 saturated heterocycles. The van der Waals surface area contributed by atoms with Crippen molar-refractivity contribution in [1.29, 1.82) is 0 Å². The molecule has 0 aliphatic heterocycles. The number of benzene rings is 7. The van der Waals surface area contributed by atoms with Crippen molar-refractivity contribution in [2.45, 2.75) is 12.3 Å². The van der Waals surface area contributed by atoms with Crippen molar-refractivity contribution in [1.82, 2.24) is 0 Å². The molecule has 1 atom stereocenters. The Balaban J connectivity index is 1.05. The monoisotopic (exact) mass is 556 g/mol. The molecule has 1 unspecified atom stereocenters. The fraction of sp³-hybridized carbons (Fsp3) is 0.0455. The summed E-state index contributed by atoms with van der Waals surface area (Å²) in [5.41, 5.74) is 17.2. The van der Waals surface area contributed by atoms with Crippen LogP contribution in [0.2, 0.25) is 0 Å². The van der Waals surface area contributed by atoms with Gasteiger partial charge in [-0.15, -0.1) is 0 Å². The third-order valence-electron chi connectivity index (χ3n) is 10.1. The van der Waals surface area contributed by atoms with Gasteiger partial charge in [0.15, 0.2) is 0 Å². The van der Waals surface area contributed by atoms with Gasteiger partial charge < -0.3 is 0 Å². The number of rotatable bonds is 3. The van der Waals surface area contributed by atoms with Gasteiger partial charge >= 0.3 is 0 Å². The third-order valence-corrected chi connectivity index (χ3v) is 10.1. The van der Waals surface area contributed by atoms with Gasteiger partial charge in [-0.2, -0.15) is 0 Å². The van der Waals surface area contributed by atoms with E-state index in [0.717, 1.165) is 6.42 Å². The van der Waals surface area contributed by atoms with E-state index in [0.29, 0.717) is 5.92 Å². The van der Waals surface area contributed by atoms with Crippen molar-refractivity contribution in [2.24, 2.45) is 0 Å². The van der Waals surface area contributed by atoms with Crippen molar-refractivity contribution >= 4 is 33.7 Å². The molecule has 44 heavy (non-hydrogen) atoms. The van der Waals surface area contributed by atoms with Gasteiger partial charge in [0.25, 0.3) is 0 Å². The topological polar surface area (TPSA) is 0 Å². The summed E-state index contributed by atoms with van der Waals surface area (Å²) >= 11 is 0. The minimum atomic E-state index is 0.485. The van der Waals surface area contributed by atoms with Crippen LogP contribution in [0.15, 0.2) is 140 Å². The molecule has 0 nitrogen and oxygen atoms in total. The summed E-state index contributed by atoms with van der Waals surface area (Å²) in [6.45, 7) is 0. The minimum absolute atomic E-state index is 0.485. The van der Waals surface area contributed by atoms with E-state index in [1.54, 1.807) is 0 Å². The fourth-order valence-corrected chi connectivity index (χ4v) is 8.10. The average Bonchev–Trinajstić information content (AvgIpc) is 3.43. The van der Waals surface area contributed by atoms with Crippen LogP contribution in [0.5, 0.6) is 0 Å². The maximum absolute atomic E-state index is 2.39. The highest BCUT2D eigenvalue weighted by atomic mass is 14.3. The van der Waals surface area contributed by atoms with Crippen molar-refractivity contribution in [2.75, 3.05) is 0 Å². The van der Waals surface area contributed by atoms with Gasteiger partial charge in [-0.05, 0) is 106 Å². The number of allylic oxidation sites excluding steroid dienone is 2. The van der Waals surface area contributed by atoms with Crippen LogP contribution in [0.25, 0.3) is 89.3 Å². The largest absolute Gasteiger partial charge is 0.0830 e. The summed E-state index contributed by atoms with van der Waals surface area (Å²) in [6, 6.07) is 47.6. The lowest BCUT2D eigenvalue weighted by molar-refractivity contribution is 0.861. The van der Waals surface area contributed by atoms with Crippen LogP contribution in [-0.4, -0.2) is 0 Å². The fourth-order valence-electron chi connectivity index (χ4n) is 8.10. The minimum Gasteiger partial charge on any atom is -0.0830 e. The van der Waals surface area contributed by atoms with Gasteiger partial charge in [-0.1, -0.05) is 146 Å². The molecule has 0 spiro atoms. The SMILES string of the molecule is C1=Cc2ccc3c(-c4cccc(-c5ccc(-c6cccc7c6-c6cccc8cccc-7c68)cc5)c4)ccc4c3c2C(C=C4)C1. The lowest BCUT2D eigenvalue weighted by Crippen LogP contribution is -2.06. The Morgan fingerprint density at radius 3 is 2.09 bits per heavy atom. The van der Waals surface area contributed by atoms with E-state index < -0.39 is 0 Å². The Morgan fingerprint density at radius 2 is 1.18 bits per heavy atom. The molecule has 0 amide bonds. The molecule has 7 aromatic carbocycles. The number of hydrogen-bond donors (Lipinski definition) is 0. The van der Waals surface area contributed by atoms with Crippen LogP contribution in [-0.2, 0) is 0 Å². The maximum atomic E-state index is 2.39. The molecule has 3 aliphatic carbocycles. The first-order valence-electron chi connectivity index (χ1n) is 15.6. The second-order valence-corrected chi connectivity index (χ2v) is 12.4. The normalized spacial score (nSPS) is 15.2. The molecule has 0 heteroatoms. The van der Waals surface area contributed by atoms with E-state index in [4.69, 9.17) is 0 Å². The van der Waals surface area contributed by atoms with Crippen LogP contribution >= 0.6 is 0 Å². The van der Waals surface area contributed by atoms with Crippen molar-refractivity contribution < 1.29 is 0 Å². The van der Waals surface area contributed by atoms with E-state index in [-0.39, 0.29) is 0 Å². The molecule has 3 aliphatic rings. The lowest BCUT2D eigenvalue weighted by Gasteiger charge is -2.26. The molecule has 10 rings (SSSR count). The van der Waals surface area contributed by atoms with Crippen molar-refractivity contribution in [3.8, 4) is 55.6 Å². The highest BCUT2D eigenvalue weighted by molar-refractivity contribution is 6.18. The predicted octanol–water partition coefficient (Wildman–Crippen LogP) is 12.2. The van der Waals surface area contributed by atoms with Crippen LogP contribution in [0.4, 0.5) is 0 Å². The molecule has 0 fully saturated rings. The number of fused-ring (bicyclic) bond motifs is 3. The summed E-state index contributed by atoms with van der Waals surface area (Å²) < 4.78 is 0. The second-order valence-electron chi connectivity index (χ2n) is 12.4. The van der Waals surface area contributed by atoms with Gasteiger partial charge in [0.05, 0.1) is 0 Å². The summed E-state index contributed by atoms with van der Waals surface area (Å²) in [7, 11) is 0. The van der Waals surface area contributed by atoms with Gasteiger partial charge in [-0.3, -0.25) is 0 Å². The van der Waals surface area contributed by atoms with Gasteiger partial charge in [0, 0.05) is 5.92 Å². The predicted molar refractivity (Wildman–Crippen MR) is 188 cm³/mol. The molecular formula is C44H28. The second kappa shape index (κ2) is 9.02. The van der Waals surface area contributed by atoms with Gasteiger partial charge in [-0.25, -0.2) is 0 Å². The van der Waals surface area contributed by atoms with E-state index in [2.05, 4.69) is 152 Å². The number of hydrogen-bond acceptors (Lipinski definition) is 0. The first kappa shape index (κ1) is 24.0. The van der Waals surface area contributed by atoms with Crippen molar-refractivity contribution in [3.63, 3.8) is 0 Å². The summed E-state index contributed by atoms with van der Waals surface area (Å²) in [5, 5.41) is 5.47. The van der Waals surface area contributed by atoms with Crippen LogP contribution in [0, 0.1) is 0 Å². The Kier molecular flexibility index (Phi) is 4.93. The maximum Gasteiger partial charge on any atom is 0.00682 e. The zero-order chi connectivity index (χ0) is 28.8. The molecule has 0 heterocycles. The Labute approximate surface area is 257 Å². The Hall–Kier alpha value is -5.46. The average molecular weight is 557 g/mol. The van der Waals surface area contributed by atoms with Gasteiger partial charge in [0.1, 0.15) is 0 Å². The third kappa shape index (κ3) is 3.34. The zero-order valence-electron chi connectivity index (χ0n) is 24.2. The van der Waals surface area contributed by atoms with Crippen molar-refractivity contribution in [3.05, 3.63) is 156 Å². The lowest BCUT2D eigenvalue weighted by atomic mass is 9.77. The standard InChI is InChI=1S/C44H28/c1-6-30-20-21-32-22-24-35(39-25-23-31(7-1)41(30)43(32)39)34-11-2-10-33(26-34)27-16-18-28(19-17-27)36-12-5-14-38-37-13-3-8-29-9-4-15-40(42(29)37)44(36)38/h1-5,7-26,30H,6H2. The van der Waals surface area contributed by atoms with E-state index in [1.807, 2.05) is 0 Å². The molecule has 0 radical (unpaired) electrons. The summed E-state index contributed by atoms with van der Waals surface area (Å²) in [5.74, 6) is 0.485. The molecule has 0 saturated carbocycles. The molecule has 0 bridgehead atoms. The molecule has 204 valence electrons. The molecule has 7 aromatic rings. The summed E-state index contributed by atoms with van der Waals surface area (Å²) in [4.78, 5) is 0. The quantitative estimate of drug-likeness (QED) is 0.203. The molecule has 0 aromatic heterocycles. The Morgan fingerprint density at radius 1 is 0.455 bits per heavy atom. The highest BCUT2D eigenvalue weighted by Gasteiger charge is 2.25. The zero-order valence-corrected chi connectivity index (χ0v) is 24.2. The van der Waals surface area contributed by atoms with E-state index in [9.17, 15) is 0 Å².